The molecule has 2 heterocycles. The molecule has 0 radical (unpaired) electrons. The molecule has 0 bridgehead atoms. The number of aromatic nitrogens is 4. The predicted octanol–water partition coefficient (Wildman–Crippen LogP) is 3.27. The largest absolute Gasteiger partial charge is 0.337 e. The zero-order valence-electron chi connectivity index (χ0n) is 10.2. The fourth-order valence-corrected chi connectivity index (χ4v) is 1.81. The third kappa shape index (κ3) is 2.37. The molecule has 0 unspecified atom stereocenters. The molecule has 0 aliphatic rings. The van der Waals surface area contributed by atoms with Crippen molar-refractivity contribution in [3.05, 3.63) is 41.8 Å². The van der Waals surface area contributed by atoms with Gasteiger partial charge in [-0.05, 0) is 31.2 Å². The average molecular weight is 275 g/mol. The highest BCUT2D eigenvalue weighted by atomic mass is 35.5. The smallest absolute Gasteiger partial charge is 0.278 e. The van der Waals surface area contributed by atoms with Gasteiger partial charge in [0.2, 0.25) is 5.82 Å². The highest BCUT2D eigenvalue weighted by Gasteiger charge is 2.12. The van der Waals surface area contributed by atoms with Crippen LogP contribution < -0.4 is 0 Å². The van der Waals surface area contributed by atoms with E-state index < -0.39 is 0 Å². The number of nitrogens with zero attached hydrogens (tertiary/aromatic N) is 4. The lowest BCUT2D eigenvalue weighted by Gasteiger charge is -1.93. The Kier molecular flexibility index (Phi) is 3.05. The van der Waals surface area contributed by atoms with Crippen molar-refractivity contribution in [1.29, 1.82) is 0 Å². The van der Waals surface area contributed by atoms with Crippen LogP contribution in [0.3, 0.4) is 0 Å². The van der Waals surface area contributed by atoms with Gasteiger partial charge in [-0.25, -0.2) is 4.98 Å². The van der Waals surface area contributed by atoms with Crippen LogP contribution in [0.5, 0.6) is 0 Å². The first-order valence-corrected chi connectivity index (χ1v) is 6.26. The SMILES string of the molecule is CCn1cnc(-c2nc(-c3ccc(Cl)cc3)no2)c1. The second kappa shape index (κ2) is 4.85. The summed E-state index contributed by atoms with van der Waals surface area (Å²) in [5, 5.41) is 4.62. The fourth-order valence-electron chi connectivity index (χ4n) is 1.69. The van der Waals surface area contributed by atoms with Gasteiger partial charge < -0.3 is 9.09 Å². The van der Waals surface area contributed by atoms with Crippen molar-refractivity contribution in [3.8, 4) is 23.0 Å². The first-order chi connectivity index (χ1) is 9.26. The van der Waals surface area contributed by atoms with Gasteiger partial charge in [0, 0.05) is 23.3 Å². The van der Waals surface area contributed by atoms with Gasteiger partial charge in [-0.1, -0.05) is 16.8 Å². The number of aryl methyl sites for hydroxylation is 1. The Morgan fingerprint density at radius 3 is 2.74 bits per heavy atom. The van der Waals surface area contributed by atoms with E-state index in [9.17, 15) is 0 Å². The molecule has 96 valence electrons. The molecule has 0 spiro atoms. The van der Waals surface area contributed by atoms with Gasteiger partial charge in [0.05, 0.1) is 6.33 Å². The van der Waals surface area contributed by atoms with Crippen LogP contribution in [0.1, 0.15) is 6.92 Å². The van der Waals surface area contributed by atoms with Crippen LogP contribution in [0.25, 0.3) is 23.0 Å². The number of hydrogen-bond acceptors (Lipinski definition) is 4. The highest BCUT2D eigenvalue weighted by Crippen LogP contribution is 2.22. The van der Waals surface area contributed by atoms with Crippen LogP contribution in [-0.2, 0) is 6.54 Å². The molecule has 0 aliphatic heterocycles. The number of hydrogen-bond donors (Lipinski definition) is 0. The van der Waals surface area contributed by atoms with Crippen molar-refractivity contribution in [2.45, 2.75) is 13.5 Å². The van der Waals surface area contributed by atoms with Gasteiger partial charge in [-0.2, -0.15) is 4.98 Å². The maximum Gasteiger partial charge on any atom is 0.278 e. The first kappa shape index (κ1) is 11.9. The van der Waals surface area contributed by atoms with Gasteiger partial charge in [-0.3, -0.25) is 0 Å². The molecule has 1 aromatic carbocycles. The van der Waals surface area contributed by atoms with Crippen molar-refractivity contribution < 1.29 is 4.52 Å². The lowest BCUT2D eigenvalue weighted by atomic mass is 10.2. The van der Waals surface area contributed by atoms with Crippen LogP contribution in [0.2, 0.25) is 5.02 Å². The Hall–Kier alpha value is -2.14. The molecule has 0 fully saturated rings. The minimum absolute atomic E-state index is 0.414. The van der Waals surface area contributed by atoms with E-state index in [-0.39, 0.29) is 0 Å². The Balaban J connectivity index is 1.92. The van der Waals surface area contributed by atoms with Crippen LogP contribution in [-0.4, -0.2) is 19.7 Å². The predicted molar refractivity (Wildman–Crippen MR) is 71.6 cm³/mol. The topological polar surface area (TPSA) is 56.7 Å². The summed E-state index contributed by atoms with van der Waals surface area (Å²) in [6.07, 6.45) is 3.61. The fraction of sp³-hybridized carbons (Fsp3) is 0.154. The van der Waals surface area contributed by atoms with Crippen molar-refractivity contribution >= 4 is 11.6 Å². The summed E-state index contributed by atoms with van der Waals surface area (Å²) in [4.78, 5) is 8.56. The molecular formula is C13H11ClN4O. The Labute approximate surface area is 114 Å². The van der Waals surface area contributed by atoms with Crippen molar-refractivity contribution in [3.63, 3.8) is 0 Å². The summed E-state index contributed by atoms with van der Waals surface area (Å²) in [5.41, 5.74) is 1.53. The highest BCUT2D eigenvalue weighted by molar-refractivity contribution is 6.30. The van der Waals surface area contributed by atoms with Gasteiger partial charge in [0.25, 0.3) is 5.89 Å². The van der Waals surface area contributed by atoms with E-state index in [0.29, 0.717) is 22.4 Å². The lowest BCUT2D eigenvalue weighted by Crippen LogP contribution is -1.86. The van der Waals surface area contributed by atoms with Crippen LogP contribution >= 0.6 is 11.6 Å². The van der Waals surface area contributed by atoms with E-state index >= 15 is 0 Å². The molecular weight excluding hydrogens is 264 g/mol. The Morgan fingerprint density at radius 1 is 1.26 bits per heavy atom. The third-order valence-electron chi connectivity index (χ3n) is 2.75. The Bertz CT molecular complexity index is 687. The van der Waals surface area contributed by atoms with Gasteiger partial charge >= 0.3 is 0 Å². The van der Waals surface area contributed by atoms with Crippen molar-refractivity contribution in [2.75, 3.05) is 0 Å². The van der Waals surface area contributed by atoms with E-state index in [1.165, 1.54) is 0 Å². The zero-order valence-corrected chi connectivity index (χ0v) is 11.0. The molecule has 19 heavy (non-hydrogen) atoms. The summed E-state index contributed by atoms with van der Waals surface area (Å²) in [5.74, 6) is 0.940. The van der Waals surface area contributed by atoms with Gasteiger partial charge in [-0.15, -0.1) is 0 Å². The van der Waals surface area contributed by atoms with E-state index in [2.05, 4.69) is 15.1 Å². The van der Waals surface area contributed by atoms with E-state index in [1.54, 1.807) is 18.5 Å². The van der Waals surface area contributed by atoms with Crippen LogP contribution in [0.4, 0.5) is 0 Å². The minimum atomic E-state index is 0.414. The lowest BCUT2D eigenvalue weighted by molar-refractivity contribution is 0.431. The van der Waals surface area contributed by atoms with E-state index in [4.69, 9.17) is 16.1 Å². The number of rotatable bonds is 3. The second-order valence-corrected chi connectivity index (χ2v) is 4.46. The van der Waals surface area contributed by atoms with Gasteiger partial charge in [0.1, 0.15) is 5.69 Å². The number of halogens is 1. The second-order valence-electron chi connectivity index (χ2n) is 4.02. The molecule has 3 aromatic rings. The molecule has 3 rings (SSSR count). The molecule has 6 heteroatoms. The monoisotopic (exact) mass is 274 g/mol. The molecule has 0 N–H and O–H groups in total. The Morgan fingerprint density at radius 2 is 2.05 bits per heavy atom. The van der Waals surface area contributed by atoms with Gasteiger partial charge in [0.15, 0.2) is 0 Å². The van der Waals surface area contributed by atoms with E-state index in [0.717, 1.165) is 12.1 Å². The van der Waals surface area contributed by atoms with Crippen LogP contribution in [0, 0.1) is 0 Å². The first-order valence-electron chi connectivity index (χ1n) is 5.88. The summed E-state index contributed by atoms with van der Waals surface area (Å²) in [6, 6.07) is 7.28. The summed E-state index contributed by atoms with van der Waals surface area (Å²) in [7, 11) is 0. The quantitative estimate of drug-likeness (QED) is 0.735. The maximum atomic E-state index is 5.84. The zero-order chi connectivity index (χ0) is 13.2. The molecule has 0 aliphatic carbocycles. The van der Waals surface area contributed by atoms with E-state index in [1.807, 2.05) is 29.8 Å². The molecule has 5 nitrogen and oxygen atoms in total. The number of imidazole rings is 1. The standard InChI is InChI=1S/C13H11ClN4O/c1-2-18-7-11(15-8-18)13-16-12(17-19-13)9-3-5-10(14)6-4-9/h3-8H,2H2,1H3. The average Bonchev–Trinajstić information content (AvgIpc) is 3.08. The molecule has 0 amide bonds. The van der Waals surface area contributed by atoms with Crippen LogP contribution in [0.15, 0.2) is 41.3 Å². The minimum Gasteiger partial charge on any atom is -0.337 e. The molecule has 0 atom stereocenters. The normalized spacial score (nSPS) is 10.8. The summed E-state index contributed by atoms with van der Waals surface area (Å²) in [6.45, 7) is 2.89. The maximum absolute atomic E-state index is 5.84. The molecule has 0 saturated carbocycles. The third-order valence-corrected chi connectivity index (χ3v) is 3.00. The molecule has 0 saturated heterocycles. The summed E-state index contributed by atoms with van der Waals surface area (Å²) >= 11 is 5.84. The summed E-state index contributed by atoms with van der Waals surface area (Å²) < 4.78 is 7.17. The van der Waals surface area contributed by atoms with Crippen molar-refractivity contribution in [1.82, 2.24) is 19.7 Å². The number of benzene rings is 1. The van der Waals surface area contributed by atoms with Crippen molar-refractivity contribution in [2.24, 2.45) is 0 Å². The molecule has 2 aromatic heterocycles.